The summed E-state index contributed by atoms with van der Waals surface area (Å²) in [5, 5.41) is 13.4. The molecule has 26 heavy (non-hydrogen) atoms. The number of nitrogens with zero attached hydrogens (tertiary/aromatic N) is 1. The van der Waals surface area contributed by atoms with Crippen molar-refractivity contribution in [1.29, 1.82) is 0 Å². The Balaban J connectivity index is 0.00000338. The van der Waals surface area contributed by atoms with E-state index >= 15 is 0 Å². The first-order chi connectivity index (χ1) is 11.6. The molecule has 1 aliphatic rings. The van der Waals surface area contributed by atoms with E-state index in [1.165, 1.54) is 4.90 Å². The lowest BCUT2D eigenvalue weighted by molar-refractivity contribution is -0.141. The molecule has 1 aliphatic heterocycles. The Morgan fingerprint density at radius 1 is 1.35 bits per heavy atom. The van der Waals surface area contributed by atoms with Gasteiger partial charge in [0.1, 0.15) is 6.04 Å². The average molecular weight is 404 g/mol. The van der Waals surface area contributed by atoms with Gasteiger partial charge < -0.3 is 21.1 Å². The van der Waals surface area contributed by atoms with Gasteiger partial charge in [0.2, 0.25) is 11.8 Å². The summed E-state index contributed by atoms with van der Waals surface area (Å²) in [5.74, 6) is -0.600. The minimum Gasteiger partial charge on any atom is -0.391 e. The topological polar surface area (TPSA) is 95.7 Å². The van der Waals surface area contributed by atoms with Crippen LogP contribution in [-0.4, -0.2) is 46.6 Å². The van der Waals surface area contributed by atoms with Crippen LogP contribution in [0.3, 0.4) is 0 Å². The normalized spacial score (nSPS) is 21.1. The van der Waals surface area contributed by atoms with E-state index in [0.29, 0.717) is 11.6 Å². The van der Waals surface area contributed by atoms with Crippen molar-refractivity contribution in [3.05, 3.63) is 34.9 Å². The predicted octanol–water partition coefficient (Wildman–Crippen LogP) is 1.71. The molecule has 0 radical (unpaired) electrons. The van der Waals surface area contributed by atoms with Crippen molar-refractivity contribution in [2.24, 2.45) is 11.1 Å². The van der Waals surface area contributed by atoms with Crippen molar-refractivity contribution >= 4 is 35.8 Å². The highest BCUT2D eigenvalue weighted by Gasteiger charge is 2.42. The highest BCUT2D eigenvalue weighted by molar-refractivity contribution is 6.30. The summed E-state index contributed by atoms with van der Waals surface area (Å²) in [6.45, 7) is 6.07. The number of hydrogen-bond acceptors (Lipinski definition) is 4. The van der Waals surface area contributed by atoms with E-state index in [2.05, 4.69) is 5.32 Å². The van der Waals surface area contributed by atoms with E-state index in [-0.39, 0.29) is 37.2 Å². The highest BCUT2D eigenvalue weighted by Crippen LogP contribution is 2.24. The molecular formula is C18H27Cl2N3O3. The molecule has 0 aliphatic carbocycles. The van der Waals surface area contributed by atoms with Gasteiger partial charge in [-0.1, -0.05) is 44.5 Å². The van der Waals surface area contributed by atoms with Gasteiger partial charge in [0.25, 0.3) is 0 Å². The molecule has 1 unspecified atom stereocenters. The lowest BCUT2D eigenvalue weighted by atomic mass is 9.86. The number of halogens is 2. The van der Waals surface area contributed by atoms with Crippen molar-refractivity contribution in [3.63, 3.8) is 0 Å². The lowest BCUT2D eigenvalue weighted by Crippen LogP contribution is -2.54. The van der Waals surface area contributed by atoms with Gasteiger partial charge in [-0.25, -0.2) is 0 Å². The first-order valence-electron chi connectivity index (χ1n) is 8.36. The van der Waals surface area contributed by atoms with Crippen LogP contribution >= 0.6 is 24.0 Å². The van der Waals surface area contributed by atoms with E-state index in [1.54, 1.807) is 12.1 Å². The summed E-state index contributed by atoms with van der Waals surface area (Å²) in [5.41, 5.74) is 6.53. The van der Waals surface area contributed by atoms with Crippen LogP contribution in [0.5, 0.6) is 0 Å². The third-order valence-electron chi connectivity index (χ3n) is 4.44. The maximum absolute atomic E-state index is 12.7. The van der Waals surface area contributed by atoms with Crippen molar-refractivity contribution in [1.82, 2.24) is 10.2 Å². The van der Waals surface area contributed by atoms with Crippen LogP contribution in [0.4, 0.5) is 0 Å². The molecule has 1 fully saturated rings. The standard InChI is InChI=1S/C18H26ClN3O3.ClH/c1-18(2,3)15(20)17(25)22-10-13(23)8-14(22)16(24)21-9-11-4-6-12(19)7-5-11;/h4-7,13-15,23H,8-10,20H2,1-3H3,(H,21,24);1H/t13-,14+,15?;/m1./s1. The second kappa shape index (κ2) is 9.04. The molecule has 3 atom stereocenters. The predicted molar refractivity (Wildman–Crippen MR) is 104 cm³/mol. The van der Waals surface area contributed by atoms with Crippen molar-refractivity contribution in [2.45, 2.75) is 51.9 Å². The summed E-state index contributed by atoms with van der Waals surface area (Å²) in [6, 6.07) is 5.71. The molecule has 1 heterocycles. The molecule has 0 saturated carbocycles. The van der Waals surface area contributed by atoms with Gasteiger partial charge in [0.05, 0.1) is 12.1 Å². The first-order valence-corrected chi connectivity index (χ1v) is 8.73. The highest BCUT2D eigenvalue weighted by atomic mass is 35.5. The Morgan fingerprint density at radius 2 is 1.92 bits per heavy atom. The van der Waals surface area contributed by atoms with Gasteiger partial charge in [-0.15, -0.1) is 12.4 Å². The minimum absolute atomic E-state index is 0. The molecule has 146 valence electrons. The number of likely N-dealkylation sites (tertiary alicyclic amines) is 1. The van der Waals surface area contributed by atoms with Crippen molar-refractivity contribution < 1.29 is 14.7 Å². The third kappa shape index (κ3) is 5.58. The summed E-state index contributed by atoms with van der Waals surface area (Å²) >= 11 is 5.84. The Morgan fingerprint density at radius 3 is 2.46 bits per heavy atom. The molecule has 2 amide bonds. The average Bonchev–Trinajstić information content (AvgIpc) is 2.93. The number of aliphatic hydroxyl groups excluding tert-OH is 1. The fourth-order valence-corrected chi connectivity index (χ4v) is 2.89. The van der Waals surface area contributed by atoms with Gasteiger partial charge in [0, 0.05) is 24.5 Å². The summed E-state index contributed by atoms with van der Waals surface area (Å²) in [4.78, 5) is 26.6. The van der Waals surface area contributed by atoms with Crippen molar-refractivity contribution in [2.75, 3.05) is 6.54 Å². The van der Waals surface area contributed by atoms with Gasteiger partial charge in [-0.2, -0.15) is 0 Å². The van der Waals surface area contributed by atoms with Gasteiger partial charge >= 0.3 is 0 Å². The summed E-state index contributed by atoms with van der Waals surface area (Å²) in [7, 11) is 0. The van der Waals surface area contributed by atoms with Crippen LogP contribution in [-0.2, 0) is 16.1 Å². The molecule has 0 aromatic heterocycles. The fraction of sp³-hybridized carbons (Fsp3) is 0.556. The number of nitrogens with one attached hydrogen (secondary N) is 1. The van der Waals surface area contributed by atoms with Crippen LogP contribution in [0, 0.1) is 5.41 Å². The van der Waals surface area contributed by atoms with Crippen LogP contribution in [0.2, 0.25) is 5.02 Å². The molecule has 1 aromatic carbocycles. The maximum atomic E-state index is 12.7. The molecule has 4 N–H and O–H groups in total. The number of nitrogens with two attached hydrogens (primary N) is 1. The number of carbonyl (C=O) groups excluding carboxylic acids is 2. The fourth-order valence-electron chi connectivity index (χ4n) is 2.76. The summed E-state index contributed by atoms with van der Waals surface area (Å²) < 4.78 is 0. The smallest absolute Gasteiger partial charge is 0.243 e. The zero-order valence-electron chi connectivity index (χ0n) is 15.2. The number of hydrogen-bond donors (Lipinski definition) is 3. The Hall–Kier alpha value is -1.34. The monoisotopic (exact) mass is 403 g/mol. The number of carbonyl (C=O) groups is 2. The minimum atomic E-state index is -0.732. The molecule has 6 nitrogen and oxygen atoms in total. The zero-order chi connectivity index (χ0) is 18.8. The van der Waals surface area contributed by atoms with Crippen LogP contribution in [0.15, 0.2) is 24.3 Å². The molecule has 0 spiro atoms. The molecule has 1 aromatic rings. The number of β-amino-alcohol motifs (C(OH)–C–C–N with tert-alkyl or cyclic N) is 1. The SMILES string of the molecule is CC(C)(C)C(N)C(=O)N1C[C@H](O)C[C@H]1C(=O)NCc1ccc(Cl)cc1.Cl. The Labute approximate surface area is 165 Å². The third-order valence-corrected chi connectivity index (χ3v) is 4.70. The molecule has 2 rings (SSSR count). The largest absolute Gasteiger partial charge is 0.391 e. The Kier molecular flexibility index (Phi) is 7.89. The number of rotatable bonds is 4. The van der Waals surface area contributed by atoms with Crippen molar-refractivity contribution in [3.8, 4) is 0 Å². The van der Waals surface area contributed by atoms with Crippen LogP contribution in [0.25, 0.3) is 0 Å². The molecule has 8 heteroatoms. The number of aliphatic hydroxyl groups is 1. The second-order valence-corrected chi connectivity index (χ2v) is 8.02. The van der Waals surface area contributed by atoms with Gasteiger partial charge in [0.15, 0.2) is 0 Å². The van der Waals surface area contributed by atoms with E-state index in [0.717, 1.165) is 5.56 Å². The quantitative estimate of drug-likeness (QED) is 0.712. The number of benzene rings is 1. The van der Waals surface area contributed by atoms with Gasteiger partial charge in [-0.05, 0) is 23.1 Å². The van der Waals surface area contributed by atoms with Crippen LogP contribution in [0.1, 0.15) is 32.8 Å². The molecular weight excluding hydrogens is 377 g/mol. The van der Waals surface area contributed by atoms with Gasteiger partial charge in [-0.3, -0.25) is 9.59 Å². The second-order valence-electron chi connectivity index (χ2n) is 7.58. The molecule has 0 bridgehead atoms. The lowest BCUT2D eigenvalue weighted by Gasteiger charge is -2.32. The zero-order valence-corrected chi connectivity index (χ0v) is 16.8. The van der Waals surface area contributed by atoms with Crippen LogP contribution < -0.4 is 11.1 Å². The van der Waals surface area contributed by atoms with E-state index in [1.807, 2.05) is 32.9 Å². The van der Waals surface area contributed by atoms with E-state index in [9.17, 15) is 14.7 Å². The molecule has 1 saturated heterocycles. The Bertz CT molecular complexity index is 632. The van der Waals surface area contributed by atoms with E-state index in [4.69, 9.17) is 17.3 Å². The summed E-state index contributed by atoms with van der Waals surface area (Å²) in [6.07, 6.45) is -0.503. The van der Waals surface area contributed by atoms with E-state index < -0.39 is 23.6 Å². The first kappa shape index (κ1) is 22.7. The maximum Gasteiger partial charge on any atom is 0.243 e. The number of amides is 2.